The third-order valence-electron chi connectivity index (χ3n) is 3.54. The largest absolute Gasteiger partial charge is 0.353 e. The molecule has 0 atom stereocenters. The average Bonchev–Trinajstić information content (AvgIpc) is 2.55. The zero-order chi connectivity index (χ0) is 15.4. The molecular formula is C15H16ClN5O. The van der Waals surface area contributed by atoms with Gasteiger partial charge in [-0.15, -0.1) is 0 Å². The van der Waals surface area contributed by atoms with Crippen LogP contribution in [0.4, 0.5) is 17.3 Å². The molecule has 1 N–H and O–H groups in total. The predicted octanol–water partition coefficient (Wildman–Crippen LogP) is 2.15. The molecule has 0 unspecified atom stereocenters. The van der Waals surface area contributed by atoms with Crippen molar-refractivity contribution in [1.82, 2.24) is 14.9 Å². The van der Waals surface area contributed by atoms with Gasteiger partial charge in [0.15, 0.2) is 0 Å². The third-order valence-corrected chi connectivity index (χ3v) is 3.77. The van der Waals surface area contributed by atoms with E-state index in [4.69, 9.17) is 11.6 Å². The highest BCUT2D eigenvalue weighted by molar-refractivity contribution is 6.30. The molecule has 1 saturated heterocycles. The summed E-state index contributed by atoms with van der Waals surface area (Å²) in [4.78, 5) is 23.2. The summed E-state index contributed by atoms with van der Waals surface area (Å²) in [6, 6.07) is 9.37. The van der Waals surface area contributed by atoms with E-state index in [9.17, 15) is 4.79 Å². The molecule has 1 aliphatic rings. The van der Waals surface area contributed by atoms with Crippen LogP contribution in [0.15, 0.2) is 36.7 Å². The maximum absolute atomic E-state index is 10.7. The van der Waals surface area contributed by atoms with Crippen molar-refractivity contribution < 1.29 is 4.79 Å². The Morgan fingerprint density at radius 3 is 2.68 bits per heavy atom. The Balaban J connectivity index is 1.71. The Morgan fingerprint density at radius 1 is 1.14 bits per heavy atom. The molecule has 3 rings (SSSR count). The van der Waals surface area contributed by atoms with Crippen LogP contribution < -0.4 is 10.2 Å². The predicted molar refractivity (Wildman–Crippen MR) is 86.6 cm³/mol. The van der Waals surface area contributed by atoms with E-state index >= 15 is 0 Å². The van der Waals surface area contributed by atoms with Crippen LogP contribution in [0.2, 0.25) is 5.02 Å². The Labute approximate surface area is 133 Å². The van der Waals surface area contributed by atoms with Gasteiger partial charge in [0.25, 0.3) is 0 Å². The van der Waals surface area contributed by atoms with Crippen LogP contribution in [-0.2, 0) is 4.79 Å². The van der Waals surface area contributed by atoms with Crippen LogP contribution in [0.3, 0.4) is 0 Å². The highest BCUT2D eigenvalue weighted by atomic mass is 35.5. The zero-order valence-corrected chi connectivity index (χ0v) is 12.7. The number of amides is 1. The number of aromatic nitrogens is 2. The smallest absolute Gasteiger partial charge is 0.209 e. The number of benzene rings is 1. The van der Waals surface area contributed by atoms with E-state index in [0.29, 0.717) is 23.9 Å². The van der Waals surface area contributed by atoms with Crippen LogP contribution in [-0.4, -0.2) is 47.5 Å². The lowest BCUT2D eigenvalue weighted by atomic mass is 10.3. The second-order valence-electron chi connectivity index (χ2n) is 5.03. The lowest BCUT2D eigenvalue weighted by molar-refractivity contribution is -0.118. The van der Waals surface area contributed by atoms with Crippen molar-refractivity contribution in [3.63, 3.8) is 0 Å². The van der Waals surface area contributed by atoms with Crippen molar-refractivity contribution in [2.75, 3.05) is 36.4 Å². The number of nitrogens with one attached hydrogen (secondary N) is 1. The summed E-state index contributed by atoms with van der Waals surface area (Å²) < 4.78 is 0. The Kier molecular flexibility index (Phi) is 4.39. The van der Waals surface area contributed by atoms with Crippen LogP contribution in [0.25, 0.3) is 0 Å². The molecule has 7 heteroatoms. The number of nitrogens with zero attached hydrogens (tertiary/aromatic N) is 4. The molecule has 0 aliphatic carbocycles. The van der Waals surface area contributed by atoms with E-state index < -0.39 is 0 Å². The van der Waals surface area contributed by atoms with Crippen molar-refractivity contribution in [2.45, 2.75) is 0 Å². The number of halogens is 1. The van der Waals surface area contributed by atoms with Crippen LogP contribution >= 0.6 is 11.6 Å². The molecule has 1 fully saturated rings. The van der Waals surface area contributed by atoms with E-state index in [2.05, 4.69) is 20.2 Å². The molecule has 2 heterocycles. The van der Waals surface area contributed by atoms with Crippen LogP contribution in [0.1, 0.15) is 0 Å². The number of carbonyl (C=O) groups excluding carboxylic acids is 1. The van der Waals surface area contributed by atoms with Gasteiger partial charge in [0.05, 0.1) is 0 Å². The molecule has 1 aromatic heterocycles. The lowest BCUT2D eigenvalue weighted by Gasteiger charge is -2.33. The van der Waals surface area contributed by atoms with Crippen LogP contribution in [0.5, 0.6) is 0 Å². The highest BCUT2D eigenvalue weighted by Gasteiger charge is 2.17. The molecule has 2 aromatic rings. The van der Waals surface area contributed by atoms with Gasteiger partial charge in [-0.1, -0.05) is 17.7 Å². The second-order valence-corrected chi connectivity index (χ2v) is 5.46. The normalized spacial score (nSPS) is 14.8. The topological polar surface area (TPSA) is 61.4 Å². The van der Waals surface area contributed by atoms with Gasteiger partial charge < -0.3 is 15.1 Å². The molecule has 114 valence electrons. The maximum Gasteiger partial charge on any atom is 0.209 e. The first-order valence-electron chi connectivity index (χ1n) is 7.03. The number of carbonyl (C=O) groups is 1. The highest BCUT2D eigenvalue weighted by Crippen LogP contribution is 2.21. The van der Waals surface area contributed by atoms with Gasteiger partial charge >= 0.3 is 0 Å². The van der Waals surface area contributed by atoms with Crippen molar-refractivity contribution >= 4 is 35.3 Å². The van der Waals surface area contributed by atoms with Crippen molar-refractivity contribution in [3.05, 3.63) is 41.7 Å². The molecule has 0 bridgehead atoms. The fraction of sp³-hybridized carbons (Fsp3) is 0.267. The third kappa shape index (κ3) is 3.46. The molecule has 6 nitrogen and oxygen atoms in total. The first kappa shape index (κ1) is 14.6. The minimum Gasteiger partial charge on any atom is -0.353 e. The van der Waals surface area contributed by atoms with E-state index in [-0.39, 0.29) is 0 Å². The molecule has 0 spiro atoms. The Hall–Kier alpha value is -2.34. The van der Waals surface area contributed by atoms with Crippen molar-refractivity contribution in [1.29, 1.82) is 0 Å². The summed E-state index contributed by atoms with van der Waals surface area (Å²) in [5, 5.41) is 3.89. The summed E-state index contributed by atoms with van der Waals surface area (Å²) in [5.74, 6) is 1.56. The molecule has 1 aromatic carbocycles. The standard InChI is InChI=1S/C15H16ClN5O/c16-12-2-1-3-13(8-12)19-14-9-15(18-10-17-14)21-6-4-20(11-22)5-7-21/h1-3,8-11H,4-7H2,(H,17,18,19). The van der Waals surface area contributed by atoms with Gasteiger partial charge in [-0.05, 0) is 18.2 Å². The number of hydrogen-bond donors (Lipinski definition) is 1. The van der Waals surface area contributed by atoms with Gasteiger partial charge in [0, 0.05) is 43.0 Å². The minimum atomic E-state index is 0.671. The Bertz CT molecular complexity index is 658. The van der Waals surface area contributed by atoms with Gasteiger partial charge in [-0.25, -0.2) is 9.97 Å². The number of piperazine rings is 1. The zero-order valence-electron chi connectivity index (χ0n) is 11.9. The van der Waals surface area contributed by atoms with Crippen molar-refractivity contribution in [3.8, 4) is 0 Å². The maximum atomic E-state index is 10.7. The average molecular weight is 318 g/mol. The van der Waals surface area contributed by atoms with E-state index in [1.807, 2.05) is 30.3 Å². The summed E-state index contributed by atoms with van der Waals surface area (Å²) in [7, 11) is 0. The van der Waals surface area contributed by atoms with E-state index in [0.717, 1.165) is 31.0 Å². The number of anilines is 3. The van der Waals surface area contributed by atoms with Gasteiger partial charge in [-0.2, -0.15) is 0 Å². The first-order chi connectivity index (χ1) is 10.7. The summed E-state index contributed by atoms with van der Waals surface area (Å²) in [6.07, 6.45) is 2.43. The number of hydrogen-bond acceptors (Lipinski definition) is 5. The van der Waals surface area contributed by atoms with Gasteiger partial charge in [0.1, 0.15) is 18.0 Å². The van der Waals surface area contributed by atoms with Gasteiger partial charge in [0.2, 0.25) is 6.41 Å². The summed E-state index contributed by atoms with van der Waals surface area (Å²) >= 11 is 5.98. The minimum absolute atomic E-state index is 0.671. The van der Waals surface area contributed by atoms with Crippen LogP contribution in [0, 0.1) is 0 Å². The molecule has 0 saturated carbocycles. The molecule has 0 radical (unpaired) electrons. The monoisotopic (exact) mass is 317 g/mol. The quantitative estimate of drug-likeness (QED) is 0.876. The van der Waals surface area contributed by atoms with Crippen molar-refractivity contribution in [2.24, 2.45) is 0 Å². The SMILES string of the molecule is O=CN1CCN(c2cc(Nc3cccc(Cl)c3)ncn2)CC1. The fourth-order valence-corrected chi connectivity index (χ4v) is 2.55. The van der Waals surface area contributed by atoms with E-state index in [1.54, 1.807) is 4.90 Å². The summed E-state index contributed by atoms with van der Waals surface area (Å²) in [5.41, 5.74) is 0.878. The fourth-order valence-electron chi connectivity index (χ4n) is 2.36. The Morgan fingerprint density at radius 2 is 1.95 bits per heavy atom. The molecule has 1 amide bonds. The molecular weight excluding hydrogens is 302 g/mol. The molecule has 1 aliphatic heterocycles. The van der Waals surface area contributed by atoms with E-state index in [1.165, 1.54) is 6.33 Å². The van der Waals surface area contributed by atoms with Gasteiger partial charge in [-0.3, -0.25) is 4.79 Å². The lowest BCUT2D eigenvalue weighted by Crippen LogP contribution is -2.46. The number of rotatable bonds is 4. The summed E-state index contributed by atoms with van der Waals surface area (Å²) in [6.45, 7) is 2.97. The molecule has 22 heavy (non-hydrogen) atoms. The second kappa shape index (κ2) is 6.62. The first-order valence-corrected chi connectivity index (χ1v) is 7.41.